The summed E-state index contributed by atoms with van der Waals surface area (Å²) in [7, 11) is 0. The van der Waals surface area contributed by atoms with E-state index in [4.69, 9.17) is 4.74 Å². The zero-order chi connectivity index (χ0) is 20.3. The van der Waals surface area contributed by atoms with Gasteiger partial charge in [0.05, 0.1) is 12.2 Å². The molecule has 0 aromatic heterocycles. The van der Waals surface area contributed by atoms with Crippen molar-refractivity contribution < 1.29 is 4.74 Å². The fourth-order valence-electron chi connectivity index (χ4n) is 6.13. The Labute approximate surface area is 183 Å². The van der Waals surface area contributed by atoms with Crippen LogP contribution in [0.5, 0.6) is 0 Å². The van der Waals surface area contributed by atoms with Gasteiger partial charge in [-0.15, -0.1) is 0 Å². The topological polar surface area (TPSA) is 9.23 Å². The third-order valence-corrected chi connectivity index (χ3v) is 8.86. The molecule has 5 unspecified atom stereocenters. The summed E-state index contributed by atoms with van der Waals surface area (Å²) in [5.74, 6) is 4.30. The molecule has 2 bridgehead atoms. The summed E-state index contributed by atoms with van der Waals surface area (Å²) >= 11 is 3.74. The molecule has 5 rings (SSSR count). The van der Waals surface area contributed by atoms with Gasteiger partial charge in [0, 0.05) is 9.86 Å². The normalized spacial score (nSPS) is 29.2. The van der Waals surface area contributed by atoms with Crippen molar-refractivity contribution in [2.24, 2.45) is 29.6 Å². The molecule has 2 aliphatic carbocycles. The van der Waals surface area contributed by atoms with E-state index in [2.05, 4.69) is 92.2 Å². The average Bonchev–Trinajstić information content (AvgIpc) is 3.25. The van der Waals surface area contributed by atoms with E-state index in [1.54, 1.807) is 0 Å². The van der Waals surface area contributed by atoms with Gasteiger partial charge in [0.1, 0.15) is 0 Å². The molecule has 1 nitrogen and oxygen atoms in total. The molecule has 0 spiro atoms. The predicted molar refractivity (Wildman–Crippen MR) is 126 cm³/mol. The van der Waals surface area contributed by atoms with Gasteiger partial charge in [0.25, 0.3) is 0 Å². The second kappa shape index (κ2) is 7.10. The van der Waals surface area contributed by atoms with Crippen LogP contribution in [0.3, 0.4) is 0 Å². The second-order valence-electron chi connectivity index (χ2n) is 10.0. The number of rotatable bonds is 4. The molecule has 0 aliphatic heterocycles. The lowest BCUT2D eigenvalue weighted by molar-refractivity contribution is -0.0539. The van der Waals surface area contributed by atoms with E-state index in [0.29, 0.717) is 0 Å². The molecule has 0 saturated heterocycles. The van der Waals surface area contributed by atoms with Crippen LogP contribution in [-0.4, -0.2) is 6.61 Å². The zero-order valence-electron chi connectivity index (χ0n) is 17.9. The van der Waals surface area contributed by atoms with Crippen molar-refractivity contribution in [1.29, 1.82) is 0 Å². The predicted octanol–water partition coefficient (Wildman–Crippen LogP) is 7.94. The van der Waals surface area contributed by atoms with Crippen molar-refractivity contribution in [2.45, 2.75) is 46.1 Å². The van der Waals surface area contributed by atoms with Gasteiger partial charge in [-0.05, 0) is 90.1 Å². The summed E-state index contributed by atoms with van der Waals surface area (Å²) < 4.78 is 7.74. The first-order valence-electron chi connectivity index (χ1n) is 11.1. The molecule has 2 saturated carbocycles. The van der Waals surface area contributed by atoms with Gasteiger partial charge >= 0.3 is 0 Å². The first-order valence-corrected chi connectivity index (χ1v) is 11.9. The van der Waals surface area contributed by atoms with Crippen LogP contribution in [0.25, 0.3) is 21.5 Å². The lowest BCUT2D eigenvalue weighted by Gasteiger charge is -2.34. The standard InChI is InChI=1S/C27H31BrO/c1-16-17(2)24-14-20(16)12-21(24)15-29-27(3,4)22-10-11-23-19(13-22)9-8-18-6-5-7-25(28)26(18)23/h5-11,13,16-17,20-21,24H,12,14-15H2,1-4H3. The fraction of sp³-hybridized carbons (Fsp3) is 0.481. The van der Waals surface area contributed by atoms with Crippen LogP contribution < -0.4 is 0 Å². The summed E-state index contributed by atoms with van der Waals surface area (Å²) in [5.41, 5.74) is 0.995. The Morgan fingerprint density at radius 3 is 2.52 bits per heavy atom. The van der Waals surface area contributed by atoms with Crippen molar-refractivity contribution in [3.8, 4) is 0 Å². The molecule has 0 heterocycles. The highest BCUT2D eigenvalue weighted by molar-refractivity contribution is 9.10. The monoisotopic (exact) mass is 450 g/mol. The van der Waals surface area contributed by atoms with Gasteiger partial charge in [0.2, 0.25) is 0 Å². The van der Waals surface area contributed by atoms with Gasteiger partial charge in [0.15, 0.2) is 0 Å². The van der Waals surface area contributed by atoms with E-state index in [1.807, 2.05) is 0 Å². The quantitative estimate of drug-likeness (QED) is 0.366. The Hall–Kier alpha value is -1.38. The van der Waals surface area contributed by atoms with Gasteiger partial charge in [-0.2, -0.15) is 0 Å². The van der Waals surface area contributed by atoms with Crippen LogP contribution >= 0.6 is 15.9 Å². The number of hydrogen-bond acceptors (Lipinski definition) is 1. The Morgan fingerprint density at radius 1 is 0.966 bits per heavy atom. The van der Waals surface area contributed by atoms with E-state index in [-0.39, 0.29) is 5.60 Å². The molecule has 2 aliphatic rings. The Balaban J connectivity index is 1.39. The fourth-order valence-corrected chi connectivity index (χ4v) is 6.73. The molecule has 3 aromatic carbocycles. The molecule has 0 amide bonds. The SMILES string of the molecule is CC1C2CC(COC(C)(C)c3ccc4c(ccc5cccc(Br)c54)c3)C(C2)C1C. The van der Waals surface area contributed by atoms with Gasteiger partial charge < -0.3 is 4.74 Å². The Kier molecular flexibility index (Phi) is 4.79. The molecular weight excluding hydrogens is 420 g/mol. The largest absolute Gasteiger partial charge is 0.371 e. The Morgan fingerprint density at radius 2 is 1.76 bits per heavy atom. The van der Waals surface area contributed by atoms with E-state index in [1.165, 1.54) is 39.9 Å². The summed E-state index contributed by atoms with van der Waals surface area (Å²) in [6, 6.07) is 17.7. The third-order valence-electron chi connectivity index (χ3n) is 8.20. The number of hydrogen-bond donors (Lipinski definition) is 0. The minimum Gasteiger partial charge on any atom is -0.371 e. The number of ether oxygens (including phenoxy) is 1. The van der Waals surface area contributed by atoms with Crippen LogP contribution in [0, 0.1) is 29.6 Å². The second-order valence-corrected chi connectivity index (χ2v) is 10.9. The maximum atomic E-state index is 6.59. The van der Waals surface area contributed by atoms with Crippen molar-refractivity contribution in [1.82, 2.24) is 0 Å². The molecular formula is C27H31BrO. The molecule has 0 N–H and O–H groups in total. The third kappa shape index (κ3) is 3.24. The van der Waals surface area contributed by atoms with Crippen LogP contribution in [-0.2, 0) is 10.3 Å². The van der Waals surface area contributed by atoms with E-state index < -0.39 is 0 Å². The first-order chi connectivity index (χ1) is 13.8. The van der Waals surface area contributed by atoms with Crippen molar-refractivity contribution in [3.63, 3.8) is 0 Å². The molecule has 0 radical (unpaired) electrons. The number of benzene rings is 3. The summed E-state index contributed by atoms with van der Waals surface area (Å²) in [6.07, 6.45) is 2.79. The smallest absolute Gasteiger partial charge is 0.0875 e. The van der Waals surface area contributed by atoms with Gasteiger partial charge in [-0.25, -0.2) is 0 Å². The minimum absolute atomic E-state index is 0.270. The molecule has 2 fully saturated rings. The molecule has 5 atom stereocenters. The molecule has 152 valence electrons. The van der Waals surface area contributed by atoms with Gasteiger partial charge in [-0.1, -0.05) is 66.2 Å². The minimum atomic E-state index is -0.270. The maximum Gasteiger partial charge on any atom is 0.0875 e. The van der Waals surface area contributed by atoms with E-state index in [9.17, 15) is 0 Å². The lowest BCUT2D eigenvalue weighted by atomic mass is 9.76. The highest BCUT2D eigenvalue weighted by Crippen LogP contribution is 2.55. The van der Waals surface area contributed by atoms with Crippen molar-refractivity contribution in [3.05, 3.63) is 58.6 Å². The van der Waals surface area contributed by atoms with Crippen LogP contribution in [0.4, 0.5) is 0 Å². The molecule has 2 heteroatoms. The van der Waals surface area contributed by atoms with Gasteiger partial charge in [-0.3, -0.25) is 0 Å². The van der Waals surface area contributed by atoms with E-state index >= 15 is 0 Å². The first kappa shape index (κ1) is 19.6. The van der Waals surface area contributed by atoms with Crippen molar-refractivity contribution >= 4 is 37.5 Å². The zero-order valence-corrected chi connectivity index (χ0v) is 19.5. The lowest BCUT2D eigenvalue weighted by Crippen LogP contribution is -2.31. The number of fused-ring (bicyclic) bond motifs is 5. The number of halogens is 1. The highest BCUT2D eigenvalue weighted by atomic mass is 79.9. The summed E-state index contributed by atoms with van der Waals surface area (Å²) in [4.78, 5) is 0. The van der Waals surface area contributed by atoms with E-state index in [0.717, 1.165) is 40.7 Å². The van der Waals surface area contributed by atoms with Crippen molar-refractivity contribution in [2.75, 3.05) is 6.61 Å². The summed E-state index contributed by atoms with van der Waals surface area (Å²) in [6.45, 7) is 10.3. The van der Waals surface area contributed by atoms with Crippen LogP contribution in [0.15, 0.2) is 53.0 Å². The van der Waals surface area contributed by atoms with Crippen LogP contribution in [0.2, 0.25) is 0 Å². The van der Waals surface area contributed by atoms with Crippen LogP contribution in [0.1, 0.15) is 46.1 Å². The maximum absolute atomic E-state index is 6.59. The highest BCUT2D eigenvalue weighted by Gasteiger charge is 2.48. The summed E-state index contributed by atoms with van der Waals surface area (Å²) in [5, 5.41) is 5.14. The average molecular weight is 451 g/mol. The molecule has 3 aromatic rings. The Bertz CT molecular complexity index is 1070. The molecule has 29 heavy (non-hydrogen) atoms.